The van der Waals surface area contributed by atoms with E-state index < -0.39 is 0 Å². The number of nitrogen functional groups attached to an aromatic ring is 1. The number of carbonyl (C=O) groups is 1. The molecule has 0 bridgehead atoms. The zero-order chi connectivity index (χ0) is 13.2. The number of hydrazine groups is 1. The highest BCUT2D eigenvalue weighted by molar-refractivity contribution is 7.14. The normalized spacial score (nSPS) is 14.2. The lowest BCUT2D eigenvalue weighted by Crippen LogP contribution is -2.16. The summed E-state index contributed by atoms with van der Waals surface area (Å²) in [5.74, 6) is 5.79. The van der Waals surface area contributed by atoms with E-state index in [1.807, 2.05) is 5.38 Å². The molecule has 98 valence electrons. The third kappa shape index (κ3) is 2.69. The van der Waals surface area contributed by atoms with Gasteiger partial charge in [0.1, 0.15) is 5.69 Å². The van der Waals surface area contributed by atoms with Crippen LogP contribution in [0.4, 0.5) is 10.9 Å². The van der Waals surface area contributed by atoms with Crippen LogP contribution in [0.2, 0.25) is 0 Å². The third-order valence-corrected chi connectivity index (χ3v) is 3.53. The van der Waals surface area contributed by atoms with Crippen molar-refractivity contribution in [1.82, 2.24) is 15.0 Å². The van der Waals surface area contributed by atoms with Crippen LogP contribution in [-0.2, 0) is 0 Å². The molecule has 1 fully saturated rings. The Bertz CT molecular complexity index is 609. The molecule has 3 rings (SSSR count). The zero-order valence-electron chi connectivity index (χ0n) is 9.96. The lowest BCUT2D eigenvalue weighted by atomic mass is 10.3. The number of nitrogens with zero attached hydrogens (tertiary/aromatic N) is 3. The molecule has 4 N–H and O–H groups in total. The number of hydrogen-bond donors (Lipinski definition) is 3. The summed E-state index contributed by atoms with van der Waals surface area (Å²) in [5.41, 5.74) is 3.60. The first-order valence-electron chi connectivity index (χ1n) is 5.81. The maximum absolute atomic E-state index is 12.0. The summed E-state index contributed by atoms with van der Waals surface area (Å²) in [7, 11) is 0. The van der Waals surface area contributed by atoms with Gasteiger partial charge >= 0.3 is 0 Å². The van der Waals surface area contributed by atoms with Gasteiger partial charge in [0.25, 0.3) is 5.91 Å². The van der Waals surface area contributed by atoms with Gasteiger partial charge in [-0.15, -0.1) is 11.3 Å². The summed E-state index contributed by atoms with van der Waals surface area (Å²) in [6.45, 7) is 0. The SMILES string of the molecule is NNc1cncc(C(=O)Nc2nc(C3CC3)cs2)n1. The molecule has 2 aromatic rings. The standard InChI is InChI=1S/C11H12N6OS/c12-17-9-4-13-3-7(14-9)10(18)16-11-15-8(5-19-11)6-1-2-6/h3-6H,1-2,12H2,(H,14,17)(H,15,16,18). The van der Waals surface area contributed by atoms with Gasteiger partial charge < -0.3 is 5.43 Å². The highest BCUT2D eigenvalue weighted by Crippen LogP contribution is 2.40. The van der Waals surface area contributed by atoms with E-state index >= 15 is 0 Å². The van der Waals surface area contributed by atoms with E-state index in [9.17, 15) is 4.79 Å². The van der Waals surface area contributed by atoms with E-state index in [0.29, 0.717) is 16.9 Å². The first-order valence-corrected chi connectivity index (χ1v) is 6.69. The smallest absolute Gasteiger partial charge is 0.277 e. The number of thiazole rings is 1. The summed E-state index contributed by atoms with van der Waals surface area (Å²) >= 11 is 1.42. The first kappa shape index (κ1) is 12.0. The Balaban J connectivity index is 1.72. The Morgan fingerprint density at radius 2 is 2.21 bits per heavy atom. The summed E-state index contributed by atoms with van der Waals surface area (Å²) < 4.78 is 0. The van der Waals surface area contributed by atoms with Gasteiger partial charge in [-0.1, -0.05) is 0 Å². The second-order valence-corrected chi connectivity index (χ2v) is 5.10. The number of aromatic nitrogens is 3. The Morgan fingerprint density at radius 3 is 2.95 bits per heavy atom. The maximum Gasteiger partial charge on any atom is 0.277 e. The van der Waals surface area contributed by atoms with Crippen molar-refractivity contribution in [3.05, 3.63) is 29.2 Å². The molecule has 7 nitrogen and oxygen atoms in total. The van der Waals surface area contributed by atoms with Crippen molar-refractivity contribution in [3.8, 4) is 0 Å². The van der Waals surface area contributed by atoms with Crippen LogP contribution in [0.3, 0.4) is 0 Å². The zero-order valence-corrected chi connectivity index (χ0v) is 10.8. The van der Waals surface area contributed by atoms with E-state index in [-0.39, 0.29) is 11.6 Å². The van der Waals surface area contributed by atoms with Gasteiger partial charge in [-0.25, -0.2) is 15.8 Å². The maximum atomic E-state index is 12.0. The molecule has 2 aromatic heterocycles. The largest absolute Gasteiger partial charge is 0.307 e. The molecule has 0 radical (unpaired) electrons. The lowest BCUT2D eigenvalue weighted by molar-refractivity contribution is 0.102. The topological polar surface area (TPSA) is 106 Å². The summed E-state index contributed by atoms with van der Waals surface area (Å²) in [4.78, 5) is 24.2. The molecule has 1 saturated carbocycles. The highest BCUT2D eigenvalue weighted by atomic mass is 32.1. The minimum Gasteiger partial charge on any atom is -0.307 e. The Morgan fingerprint density at radius 1 is 1.37 bits per heavy atom. The van der Waals surface area contributed by atoms with Gasteiger partial charge in [-0.2, -0.15) is 0 Å². The molecule has 1 amide bonds. The molecule has 0 spiro atoms. The van der Waals surface area contributed by atoms with Crippen molar-refractivity contribution in [2.24, 2.45) is 5.84 Å². The fraction of sp³-hybridized carbons (Fsp3) is 0.273. The van der Waals surface area contributed by atoms with Crippen LogP contribution < -0.4 is 16.6 Å². The van der Waals surface area contributed by atoms with E-state index in [0.717, 1.165) is 5.69 Å². The quantitative estimate of drug-likeness (QED) is 0.575. The number of hydrogen-bond acceptors (Lipinski definition) is 7. The molecule has 0 aromatic carbocycles. The average Bonchev–Trinajstić information content (AvgIpc) is 3.19. The van der Waals surface area contributed by atoms with Crippen molar-refractivity contribution >= 4 is 28.2 Å². The van der Waals surface area contributed by atoms with Crippen LogP contribution in [0.15, 0.2) is 17.8 Å². The molecule has 0 atom stereocenters. The lowest BCUT2D eigenvalue weighted by Gasteiger charge is -2.02. The van der Waals surface area contributed by atoms with Crippen LogP contribution in [0.1, 0.15) is 34.9 Å². The van der Waals surface area contributed by atoms with Crippen molar-refractivity contribution in [2.75, 3.05) is 10.7 Å². The van der Waals surface area contributed by atoms with E-state index in [2.05, 4.69) is 25.7 Å². The van der Waals surface area contributed by atoms with Gasteiger partial charge in [0.15, 0.2) is 10.9 Å². The molecular formula is C11H12N6OS. The molecule has 8 heteroatoms. The van der Waals surface area contributed by atoms with Crippen molar-refractivity contribution < 1.29 is 4.79 Å². The number of anilines is 2. The fourth-order valence-corrected chi connectivity index (χ4v) is 2.40. The molecule has 0 saturated heterocycles. The molecule has 1 aliphatic rings. The second kappa shape index (κ2) is 4.90. The number of amides is 1. The molecule has 1 aliphatic carbocycles. The van der Waals surface area contributed by atoms with Gasteiger partial charge in [0.05, 0.1) is 18.1 Å². The summed E-state index contributed by atoms with van der Waals surface area (Å²) in [6, 6.07) is 0. The monoisotopic (exact) mass is 276 g/mol. The highest BCUT2D eigenvalue weighted by Gasteiger charge is 2.26. The number of rotatable bonds is 4. The van der Waals surface area contributed by atoms with Crippen molar-refractivity contribution in [3.63, 3.8) is 0 Å². The average molecular weight is 276 g/mol. The number of carbonyl (C=O) groups excluding carboxylic acids is 1. The van der Waals surface area contributed by atoms with E-state index in [1.54, 1.807) is 0 Å². The summed E-state index contributed by atoms with van der Waals surface area (Å²) in [5, 5.41) is 5.28. The predicted octanol–water partition coefficient (Wildman–Crippen LogP) is 1.35. The van der Waals surface area contributed by atoms with Crippen molar-refractivity contribution in [2.45, 2.75) is 18.8 Å². The Labute approximate surface area is 113 Å². The van der Waals surface area contributed by atoms with Crippen LogP contribution >= 0.6 is 11.3 Å². The second-order valence-electron chi connectivity index (χ2n) is 4.24. The Kier molecular flexibility index (Phi) is 3.10. The summed E-state index contributed by atoms with van der Waals surface area (Å²) in [6.07, 6.45) is 5.19. The molecule has 0 aliphatic heterocycles. The van der Waals surface area contributed by atoms with Crippen LogP contribution in [0, 0.1) is 0 Å². The van der Waals surface area contributed by atoms with Gasteiger partial charge in [-0.05, 0) is 12.8 Å². The van der Waals surface area contributed by atoms with E-state index in [1.165, 1.54) is 36.6 Å². The molecule has 2 heterocycles. The van der Waals surface area contributed by atoms with Gasteiger partial charge in [0.2, 0.25) is 0 Å². The Hall–Kier alpha value is -2.06. The van der Waals surface area contributed by atoms with Gasteiger partial charge in [0, 0.05) is 11.3 Å². The molecular weight excluding hydrogens is 264 g/mol. The van der Waals surface area contributed by atoms with Crippen molar-refractivity contribution in [1.29, 1.82) is 0 Å². The fourth-order valence-electron chi connectivity index (χ4n) is 1.62. The minimum atomic E-state index is -0.346. The van der Waals surface area contributed by atoms with Gasteiger partial charge in [-0.3, -0.25) is 15.1 Å². The number of nitrogens with two attached hydrogens (primary N) is 1. The van der Waals surface area contributed by atoms with Crippen LogP contribution in [0.5, 0.6) is 0 Å². The minimum absolute atomic E-state index is 0.193. The predicted molar refractivity (Wildman–Crippen MR) is 71.9 cm³/mol. The molecule has 0 unspecified atom stereocenters. The van der Waals surface area contributed by atoms with Crippen LogP contribution in [-0.4, -0.2) is 20.9 Å². The first-order chi connectivity index (χ1) is 9.26. The third-order valence-electron chi connectivity index (χ3n) is 2.75. The number of nitrogens with one attached hydrogen (secondary N) is 2. The van der Waals surface area contributed by atoms with Crippen LogP contribution in [0.25, 0.3) is 0 Å². The molecule has 19 heavy (non-hydrogen) atoms. The van der Waals surface area contributed by atoms with E-state index in [4.69, 9.17) is 5.84 Å².